The summed E-state index contributed by atoms with van der Waals surface area (Å²) in [6.45, 7) is 2.36. The Labute approximate surface area is 191 Å². The predicted molar refractivity (Wildman–Crippen MR) is 118 cm³/mol. The van der Waals surface area contributed by atoms with Crippen LogP contribution in [-0.2, 0) is 20.8 Å². The smallest absolute Gasteiger partial charge is 0.255 e. The third kappa shape index (κ3) is 3.18. The van der Waals surface area contributed by atoms with Crippen molar-refractivity contribution in [2.45, 2.75) is 37.8 Å². The van der Waals surface area contributed by atoms with Crippen LogP contribution in [0.2, 0.25) is 0 Å². The maximum atomic E-state index is 13.7. The molecule has 0 aliphatic heterocycles. The Morgan fingerprint density at radius 2 is 1.97 bits per heavy atom. The molecule has 176 valence electrons. The number of Topliss-reactive ketones (excluding diaryl/α,β-unsaturated/α-hetero) is 2. The molecule has 0 bridgehead atoms. The molecule has 1 aromatic carbocycles. The van der Waals surface area contributed by atoms with Gasteiger partial charge in [0.2, 0.25) is 5.78 Å². The number of aliphatic hydroxyl groups excluding tert-OH is 2. The number of fused-ring (bicyclic) bond motifs is 3. The largest absolute Gasteiger partial charge is 0.508 e. The van der Waals surface area contributed by atoms with E-state index in [1.54, 1.807) is 20.2 Å². The van der Waals surface area contributed by atoms with Crippen molar-refractivity contribution in [1.29, 1.82) is 0 Å². The zero-order valence-corrected chi connectivity index (χ0v) is 18.8. The number of nitrogens with zero attached hydrogens (tertiary/aromatic N) is 1. The van der Waals surface area contributed by atoms with E-state index in [1.165, 1.54) is 4.90 Å². The Balaban J connectivity index is 1.93. The molecule has 0 radical (unpaired) electrons. The fourth-order valence-corrected chi connectivity index (χ4v) is 5.50. The lowest BCUT2D eigenvalue weighted by molar-refractivity contribution is -0.153. The molecule has 0 aromatic heterocycles. The highest BCUT2D eigenvalue weighted by Gasteiger charge is 2.64. The number of carbonyl (C=O) groups excluding carboxylic acids is 3. The van der Waals surface area contributed by atoms with Crippen molar-refractivity contribution in [3.63, 3.8) is 0 Å². The standard InChI is InChI=1S/C24H28N2O7/c1-4-8-33-14-7-5-6-11-9-12-10-13-18(26(2)3)20(28)17(23(25)31)22(30)24(13,32)21(29)16(12)19(27)15(11)14/h5-7,12-13,18,27,30,32H,4,8-10H2,1-3H3,(H2,25,31)/t12-,13-,18-,24-/m0/s1. The number of likely N-dealkylation sites (N-methyl/N-ethyl adjacent to an activating group) is 1. The van der Waals surface area contributed by atoms with Gasteiger partial charge in [-0.3, -0.25) is 19.3 Å². The summed E-state index contributed by atoms with van der Waals surface area (Å²) < 4.78 is 5.76. The van der Waals surface area contributed by atoms with Crippen LogP contribution in [0.25, 0.3) is 5.76 Å². The van der Waals surface area contributed by atoms with Crippen LogP contribution < -0.4 is 10.5 Å². The maximum Gasteiger partial charge on any atom is 0.255 e. The number of nitrogens with two attached hydrogens (primary N) is 1. The number of amides is 1. The van der Waals surface area contributed by atoms with Crippen LogP contribution in [0.5, 0.6) is 5.75 Å². The summed E-state index contributed by atoms with van der Waals surface area (Å²) in [7, 11) is 3.18. The lowest BCUT2D eigenvalue weighted by Crippen LogP contribution is -2.65. The molecule has 0 saturated heterocycles. The number of rotatable bonds is 5. The zero-order valence-electron chi connectivity index (χ0n) is 18.8. The predicted octanol–water partition coefficient (Wildman–Crippen LogP) is 1.05. The molecule has 9 nitrogen and oxygen atoms in total. The molecule has 3 aliphatic carbocycles. The normalized spacial score (nSPS) is 29.1. The Morgan fingerprint density at radius 1 is 1.27 bits per heavy atom. The number of primary amides is 1. The van der Waals surface area contributed by atoms with Gasteiger partial charge in [-0.25, -0.2) is 0 Å². The molecule has 3 aliphatic rings. The molecule has 1 saturated carbocycles. The SMILES string of the molecule is CCCOc1cccc2c1C(O)=C1C(=O)[C@]3(O)C(O)=C(C(N)=O)C(=O)[C@@H](N(C)C)[C@@H]3C[C@@H]1C2. The minimum Gasteiger partial charge on any atom is -0.508 e. The van der Waals surface area contributed by atoms with E-state index in [9.17, 15) is 29.7 Å². The van der Waals surface area contributed by atoms with Crippen LogP contribution in [0.1, 0.15) is 30.9 Å². The highest BCUT2D eigenvalue weighted by molar-refractivity contribution is 6.24. The summed E-state index contributed by atoms with van der Waals surface area (Å²) in [6.07, 6.45) is 1.27. The van der Waals surface area contributed by atoms with Crippen LogP contribution in [0.15, 0.2) is 35.1 Å². The first kappa shape index (κ1) is 23.0. The van der Waals surface area contributed by atoms with E-state index in [0.29, 0.717) is 24.3 Å². The van der Waals surface area contributed by atoms with Crippen LogP contribution in [0.4, 0.5) is 0 Å². The van der Waals surface area contributed by atoms with E-state index in [-0.39, 0.29) is 17.8 Å². The van der Waals surface area contributed by atoms with Crippen molar-refractivity contribution in [1.82, 2.24) is 4.90 Å². The minimum atomic E-state index is -2.57. The first-order valence-electron chi connectivity index (χ1n) is 10.9. The molecule has 4 rings (SSSR count). The highest BCUT2D eigenvalue weighted by Crippen LogP contribution is 2.52. The number of ether oxygens (including phenoxy) is 1. The van der Waals surface area contributed by atoms with Gasteiger partial charge < -0.3 is 25.8 Å². The second-order valence-corrected chi connectivity index (χ2v) is 9.10. The first-order valence-corrected chi connectivity index (χ1v) is 10.9. The third-order valence-electron chi connectivity index (χ3n) is 6.90. The van der Waals surface area contributed by atoms with E-state index in [1.807, 2.05) is 19.1 Å². The van der Waals surface area contributed by atoms with Gasteiger partial charge in [0.15, 0.2) is 11.4 Å². The van der Waals surface area contributed by atoms with Gasteiger partial charge in [-0.2, -0.15) is 0 Å². The summed E-state index contributed by atoms with van der Waals surface area (Å²) in [4.78, 5) is 40.2. The summed E-state index contributed by atoms with van der Waals surface area (Å²) >= 11 is 0. The lowest BCUT2D eigenvalue weighted by Gasteiger charge is -2.50. The van der Waals surface area contributed by atoms with Gasteiger partial charge in [-0.05, 0) is 50.9 Å². The molecule has 5 N–H and O–H groups in total. The number of hydrogen-bond acceptors (Lipinski definition) is 8. The van der Waals surface area contributed by atoms with Gasteiger partial charge in [0.25, 0.3) is 5.91 Å². The fourth-order valence-electron chi connectivity index (χ4n) is 5.50. The molecule has 0 heterocycles. The molecule has 0 unspecified atom stereocenters. The Morgan fingerprint density at radius 3 is 2.58 bits per heavy atom. The third-order valence-corrected chi connectivity index (χ3v) is 6.90. The Kier molecular flexibility index (Phi) is 5.58. The number of ketones is 2. The van der Waals surface area contributed by atoms with Crippen molar-refractivity contribution in [2.24, 2.45) is 17.6 Å². The number of carbonyl (C=O) groups is 3. The summed E-state index contributed by atoms with van der Waals surface area (Å²) in [5, 5.41) is 33.6. The van der Waals surface area contributed by atoms with Crippen LogP contribution in [-0.4, -0.2) is 70.0 Å². The molecule has 33 heavy (non-hydrogen) atoms. The summed E-state index contributed by atoms with van der Waals surface area (Å²) in [5.74, 6) is -5.38. The van der Waals surface area contributed by atoms with Gasteiger partial charge in [0.1, 0.15) is 22.8 Å². The van der Waals surface area contributed by atoms with E-state index >= 15 is 0 Å². The molecule has 1 amide bonds. The molecule has 9 heteroatoms. The van der Waals surface area contributed by atoms with Crippen molar-refractivity contribution in [2.75, 3.05) is 20.7 Å². The summed E-state index contributed by atoms with van der Waals surface area (Å²) in [6, 6.07) is 4.29. The Hall–Kier alpha value is -3.17. The van der Waals surface area contributed by atoms with E-state index < -0.39 is 52.3 Å². The molecular formula is C24H28N2O7. The van der Waals surface area contributed by atoms with Gasteiger partial charge in [0, 0.05) is 11.5 Å². The minimum absolute atomic E-state index is 0.0453. The van der Waals surface area contributed by atoms with E-state index in [0.717, 1.165) is 12.0 Å². The van der Waals surface area contributed by atoms with Crippen LogP contribution in [0, 0.1) is 11.8 Å². The topological polar surface area (TPSA) is 150 Å². The molecule has 4 atom stereocenters. The first-order chi connectivity index (χ1) is 15.5. The van der Waals surface area contributed by atoms with Crippen LogP contribution >= 0.6 is 0 Å². The second kappa shape index (κ2) is 8.00. The average molecular weight is 456 g/mol. The van der Waals surface area contributed by atoms with E-state index in [4.69, 9.17) is 10.5 Å². The van der Waals surface area contributed by atoms with E-state index in [2.05, 4.69) is 0 Å². The molecule has 1 aromatic rings. The highest BCUT2D eigenvalue weighted by atomic mass is 16.5. The number of aliphatic hydroxyl groups is 3. The van der Waals surface area contributed by atoms with Gasteiger partial charge in [0.05, 0.1) is 18.2 Å². The fraction of sp³-hybridized carbons (Fsp3) is 0.458. The number of benzene rings is 1. The zero-order chi connectivity index (χ0) is 24.2. The summed E-state index contributed by atoms with van der Waals surface area (Å²) in [5.41, 5.74) is 3.09. The molecular weight excluding hydrogens is 428 g/mol. The quantitative estimate of drug-likeness (QED) is 0.480. The lowest BCUT2D eigenvalue weighted by atomic mass is 9.57. The molecule has 1 fully saturated rings. The maximum absolute atomic E-state index is 13.7. The average Bonchev–Trinajstić information content (AvgIpc) is 2.74. The van der Waals surface area contributed by atoms with Crippen molar-refractivity contribution in [3.8, 4) is 5.75 Å². The van der Waals surface area contributed by atoms with Gasteiger partial charge in [-0.15, -0.1) is 0 Å². The van der Waals surface area contributed by atoms with Crippen molar-refractivity contribution < 1.29 is 34.4 Å². The van der Waals surface area contributed by atoms with Crippen LogP contribution in [0.3, 0.4) is 0 Å². The van der Waals surface area contributed by atoms with Crippen molar-refractivity contribution in [3.05, 3.63) is 46.2 Å². The van der Waals surface area contributed by atoms with Gasteiger partial charge >= 0.3 is 0 Å². The second-order valence-electron chi connectivity index (χ2n) is 9.10. The van der Waals surface area contributed by atoms with Gasteiger partial charge in [-0.1, -0.05) is 19.1 Å². The monoisotopic (exact) mass is 456 g/mol. The molecule has 0 spiro atoms. The number of hydrogen-bond donors (Lipinski definition) is 4. The van der Waals surface area contributed by atoms with Crippen molar-refractivity contribution >= 4 is 23.2 Å². The Bertz CT molecular complexity index is 1120.